The van der Waals surface area contributed by atoms with Gasteiger partial charge in [-0.3, -0.25) is 14.3 Å². The molecule has 0 atom stereocenters. The Labute approximate surface area is 125 Å². The Bertz CT molecular complexity index is 558. The van der Waals surface area contributed by atoms with E-state index in [4.69, 9.17) is 5.73 Å². The highest BCUT2D eigenvalue weighted by Gasteiger charge is 2.12. The van der Waals surface area contributed by atoms with E-state index in [2.05, 4.69) is 24.1 Å². The number of nitrogens with two attached hydrogens (primary N) is 1. The van der Waals surface area contributed by atoms with Gasteiger partial charge < -0.3 is 11.1 Å². The zero-order valence-corrected chi connectivity index (χ0v) is 13.5. The molecule has 0 radical (unpaired) electrons. The van der Waals surface area contributed by atoms with Crippen molar-refractivity contribution in [1.29, 1.82) is 0 Å². The number of aromatic amines is 1. The molecule has 0 saturated carbocycles. The van der Waals surface area contributed by atoms with Crippen molar-refractivity contribution in [3.05, 3.63) is 20.8 Å². The molecular formula is C15H28N4O2. The third-order valence-corrected chi connectivity index (χ3v) is 3.30. The molecule has 0 aliphatic heterocycles. The lowest BCUT2D eigenvalue weighted by Gasteiger charge is -2.15. The summed E-state index contributed by atoms with van der Waals surface area (Å²) in [6.07, 6.45) is 3.24. The van der Waals surface area contributed by atoms with Crippen LogP contribution in [0.4, 0.5) is 11.5 Å². The molecule has 0 aliphatic rings. The van der Waals surface area contributed by atoms with E-state index >= 15 is 0 Å². The standard InChI is InChI=1S/C15H28N4O2/c1-10(2)7-5-6-8-17-12-13(16)19(9-11(3)4)15(21)18-14(12)20/h10-11,17H,5-9,16H2,1-4H3,(H,18,20,21). The second kappa shape index (κ2) is 7.90. The molecule has 0 saturated heterocycles. The molecular weight excluding hydrogens is 268 g/mol. The van der Waals surface area contributed by atoms with Gasteiger partial charge in [0.15, 0.2) is 0 Å². The van der Waals surface area contributed by atoms with Gasteiger partial charge >= 0.3 is 5.69 Å². The number of rotatable bonds is 8. The maximum absolute atomic E-state index is 11.9. The number of hydrogen-bond donors (Lipinski definition) is 3. The summed E-state index contributed by atoms with van der Waals surface area (Å²) in [5, 5.41) is 3.07. The van der Waals surface area contributed by atoms with E-state index < -0.39 is 11.2 Å². The second-order valence-corrected chi connectivity index (χ2v) is 6.34. The second-order valence-electron chi connectivity index (χ2n) is 6.34. The summed E-state index contributed by atoms with van der Waals surface area (Å²) in [7, 11) is 0. The number of nitrogens with zero attached hydrogens (tertiary/aromatic N) is 1. The van der Waals surface area contributed by atoms with Crippen LogP contribution >= 0.6 is 0 Å². The summed E-state index contributed by atoms with van der Waals surface area (Å²) in [6, 6.07) is 0. The molecule has 4 N–H and O–H groups in total. The van der Waals surface area contributed by atoms with Gasteiger partial charge in [0.25, 0.3) is 5.56 Å². The van der Waals surface area contributed by atoms with Crippen molar-refractivity contribution in [2.45, 2.75) is 53.5 Å². The van der Waals surface area contributed by atoms with Crippen LogP contribution in [0.25, 0.3) is 0 Å². The van der Waals surface area contributed by atoms with Gasteiger partial charge in [-0.15, -0.1) is 0 Å². The molecule has 1 heterocycles. The fourth-order valence-corrected chi connectivity index (χ4v) is 2.20. The summed E-state index contributed by atoms with van der Waals surface area (Å²) in [4.78, 5) is 26.0. The van der Waals surface area contributed by atoms with Crippen LogP contribution in [0.5, 0.6) is 0 Å². The molecule has 0 aliphatic carbocycles. The van der Waals surface area contributed by atoms with Gasteiger partial charge in [-0.25, -0.2) is 4.79 Å². The molecule has 21 heavy (non-hydrogen) atoms. The molecule has 1 rings (SSSR count). The van der Waals surface area contributed by atoms with Crippen LogP contribution in [-0.2, 0) is 6.54 Å². The van der Waals surface area contributed by atoms with E-state index in [0.29, 0.717) is 24.7 Å². The fraction of sp³-hybridized carbons (Fsp3) is 0.733. The number of aromatic nitrogens is 2. The quantitative estimate of drug-likeness (QED) is 0.640. The van der Waals surface area contributed by atoms with Crippen molar-refractivity contribution in [3.8, 4) is 0 Å². The molecule has 1 aromatic heterocycles. The van der Waals surface area contributed by atoms with Crippen molar-refractivity contribution in [2.24, 2.45) is 11.8 Å². The zero-order valence-electron chi connectivity index (χ0n) is 13.5. The minimum atomic E-state index is -0.448. The number of H-pyrrole nitrogens is 1. The maximum Gasteiger partial charge on any atom is 0.330 e. The molecule has 0 bridgehead atoms. The number of unbranched alkanes of at least 4 members (excludes halogenated alkanes) is 1. The number of anilines is 2. The van der Waals surface area contributed by atoms with Gasteiger partial charge in [0.05, 0.1) is 0 Å². The normalized spacial score (nSPS) is 11.3. The molecule has 6 nitrogen and oxygen atoms in total. The molecule has 0 aromatic carbocycles. The Balaban J connectivity index is 2.78. The first kappa shape index (κ1) is 17.3. The van der Waals surface area contributed by atoms with E-state index in [1.807, 2.05) is 13.8 Å². The average molecular weight is 296 g/mol. The first-order chi connectivity index (χ1) is 9.82. The first-order valence-corrected chi connectivity index (χ1v) is 7.69. The van der Waals surface area contributed by atoms with Crippen LogP contribution in [0.15, 0.2) is 9.59 Å². The molecule has 6 heteroatoms. The molecule has 0 spiro atoms. The SMILES string of the molecule is CC(C)CCCCNc1c(N)n(CC(C)C)c(=O)[nH]c1=O. The van der Waals surface area contributed by atoms with E-state index in [1.165, 1.54) is 11.0 Å². The van der Waals surface area contributed by atoms with Crippen LogP contribution in [0.1, 0.15) is 47.0 Å². The van der Waals surface area contributed by atoms with Crippen LogP contribution in [0.2, 0.25) is 0 Å². The van der Waals surface area contributed by atoms with Gasteiger partial charge in [0, 0.05) is 13.1 Å². The van der Waals surface area contributed by atoms with Gasteiger partial charge in [0.1, 0.15) is 11.5 Å². The van der Waals surface area contributed by atoms with E-state index in [0.717, 1.165) is 12.8 Å². The van der Waals surface area contributed by atoms with E-state index in [9.17, 15) is 9.59 Å². The predicted molar refractivity (Wildman–Crippen MR) is 87.8 cm³/mol. The number of nitrogens with one attached hydrogen (secondary N) is 2. The van der Waals surface area contributed by atoms with Crippen molar-refractivity contribution in [1.82, 2.24) is 9.55 Å². The smallest absolute Gasteiger partial charge is 0.330 e. The minimum absolute atomic E-state index is 0.223. The van der Waals surface area contributed by atoms with Crippen LogP contribution in [-0.4, -0.2) is 16.1 Å². The summed E-state index contributed by atoms with van der Waals surface area (Å²) in [6.45, 7) is 9.55. The highest BCUT2D eigenvalue weighted by Crippen LogP contribution is 2.12. The Morgan fingerprint density at radius 3 is 2.38 bits per heavy atom. The molecule has 1 aromatic rings. The molecule has 0 unspecified atom stereocenters. The summed E-state index contributed by atoms with van der Waals surface area (Å²) < 4.78 is 1.42. The first-order valence-electron chi connectivity index (χ1n) is 7.69. The number of hydrogen-bond acceptors (Lipinski definition) is 4. The van der Waals surface area contributed by atoms with E-state index in [-0.39, 0.29) is 11.7 Å². The summed E-state index contributed by atoms with van der Waals surface area (Å²) in [5.74, 6) is 1.18. The van der Waals surface area contributed by atoms with Gasteiger partial charge in [-0.05, 0) is 18.3 Å². The molecule has 0 amide bonds. The van der Waals surface area contributed by atoms with Crippen molar-refractivity contribution < 1.29 is 0 Å². The van der Waals surface area contributed by atoms with Gasteiger partial charge in [0.2, 0.25) is 0 Å². The van der Waals surface area contributed by atoms with Crippen molar-refractivity contribution in [2.75, 3.05) is 17.6 Å². The van der Waals surface area contributed by atoms with Gasteiger partial charge in [-0.1, -0.05) is 40.5 Å². The topological polar surface area (TPSA) is 92.9 Å². The summed E-state index contributed by atoms with van der Waals surface area (Å²) >= 11 is 0. The largest absolute Gasteiger partial charge is 0.383 e. The van der Waals surface area contributed by atoms with Crippen molar-refractivity contribution >= 4 is 11.5 Å². The average Bonchev–Trinajstić information content (AvgIpc) is 2.37. The summed E-state index contributed by atoms with van der Waals surface area (Å²) in [5.41, 5.74) is 5.39. The van der Waals surface area contributed by atoms with Crippen molar-refractivity contribution in [3.63, 3.8) is 0 Å². The number of nitrogen functional groups attached to an aromatic ring is 1. The van der Waals surface area contributed by atoms with Crippen LogP contribution < -0.4 is 22.3 Å². The Morgan fingerprint density at radius 2 is 1.81 bits per heavy atom. The van der Waals surface area contributed by atoms with Gasteiger partial charge in [-0.2, -0.15) is 0 Å². The Hall–Kier alpha value is -1.72. The molecule has 120 valence electrons. The van der Waals surface area contributed by atoms with Crippen LogP contribution in [0.3, 0.4) is 0 Å². The van der Waals surface area contributed by atoms with E-state index in [1.54, 1.807) is 0 Å². The third-order valence-electron chi connectivity index (χ3n) is 3.30. The lowest BCUT2D eigenvalue weighted by atomic mass is 10.1. The predicted octanol–water partition coefficient (Wildman–Crippen LogP) is 2.01. The highest BCUT2D eigenvalue weighted by atomic mass is 16.2. The zero-order chi connectivity index (χ0) is 16.0. The third kappa shape index (κ3) is 5.28. The van der Waals surface area contributed by atoms with Crippen LogP contribution in [0, 0.1) is 11.8 Å². The maximum atomic E-state index is 11.9. The lowest BCUT2D eigenvalue weighted by molar-refractivity contribution is 0.508. The minimum Gasteiger partial charge on any atom is -0.383 e. The molecule has 0 fully saturated rings. The lowest BCUT2D eigenvalue weighted by Crippen LogP contribution is -2.35. The Morgan fingerprint density at radius 1 is 1.14 bits per heavy atom. The monoisotopic (exact) mass is 296 g/mol. The highest BCUT2D eigenvalue weighted by molar-refractivity contribution is 5.60. The fourth-order valence-electron chi connectivity index (χ4n) is 2.20. The Kier molecular flexibility index (Phi) is 6.52.